The van der Waals surface area contributed by atoms with E-state index in [0.717, 1.165) is 12.8 Å². The molecule has 0 aliphatic heterocycles. The number of nitrogens with two attached hydrogens (primary N) is 1. The first-order valence-electron chi connectivity index (χ1n) is 12.6. The van der Waals surface area contributed by atoms with Gasteiger partial charge in [-0.15, -0.1) is 0 Å². The van der Waals surface area contributed by atoms with Gasteiger partial charge in [0.15, 0.2) is 5.65 Å². The molecule has 5 N–H and O–H groups in total. The number of primary amides is 1. The molecule has 2 fully saturated rings. The van der Waals surface area contributed by atoms with Crippen molar-refractivity contribution >= 4 is 57.9 Å². The molecule has 9 nitrogen and oxygen atoms in total. The number of rotatable bonds is 6. The predicted molar refractivity (Wildman–Crippen MR) is 142 cm³/mol. The third-order valence-corrected chi connectivity index (χ3v) is 8.14. The smallest absolute Gasteiger partial charge is 0.224 e. The van der Waals surface area contributed by atoms with Crippen molar-refractivity contribution in [3.05, 3.63) is 34.2 Å². The number of aliphatic hydroxyl groups is 1. The highest BCUT2D eigenvalue weighted by atomic mass is 35.5. The molecule has 12 heteroatoms. The van der Waals surface area contributed by atoms with E-state index >= 15 is 0 Å². The lowest BCUT2D eigenvalue weighted by Crippen LogP contribution is -2.35. The Hall–Kier alpha value is -2.69. The predicted octanol–water partition coefficient (Wildman–Crippen LogP) is 5.19. The molecule has 3 aromatic rings. The van der Waals surface area contributed by atoms with Gasteiger partial charge in [0, 0.05) is 23.0 Å². The zero-order valence-electron chi connectivity index (χ0n) is 20.4. The van der Waals surface area contributed by atoms with Gasteiger partial charge in [0.05, 0.1) is 23.0 Å². The van der Waals surface area contributed by atoms with Crippen LogP contribution in [0.4, 0.5) is 22.0 Å². The maximum Gasteiger partial charge on any atom is 0.224 e. The maximum absolute atomic E-state index is 14.8. The first kappa shape index (κ1) is 25.9. The fourth-order valence-electron chi connectivity index (χ4n) is 5.40. The van der Waals surface area contributed by atoms with Crippen LogP contribution in [0.3, 0.4) is 0 Å². The fourth-order valence-corrected chi connectivity index (χ4v) is 5.91. The number of nitrogens with one attached hydrogen (secondary N) is 2. The molecule has 1 aromatic carbocycles. The van der Waals surface area contributed by atoms with Crippen molar-refractivity contribution in [2.45, 2.75) is 70.1 Å². The zero-order valence-corrected chi connectivity index (χ0v) is 21.9. The standard InChI is InChI=1S/C25H30Cl2FN7O2/c1-12-2-5-15(10-20(12)36)31-24-30-11-19-23(34-24)35(16-6-3-13(4-7-16)22(29)37)25(32-19)33-21-17(27)8-14(26)9-18(21)28/h8-9,11-13,15-16,20,36H,2-7,10H2,1H3,(H2,29,37)(H,32,33)(H,30,31,34)/t12-,13-,15-,16+,20-/m1/s1. The number of carbonyl (C=O) groups excluding carboxylic acids is 1. The number of amides is 1. The highest BCUT2D eigenvalue weighted by Gasteiger charge is 2.30. The second kappa shape index (κ2) is 10.6. The van der Waals surface area contributed by atoms with Gasteiger partial charge in [-0.2, -0.15) is 4.98 Å². The second-order valence-electron chi connectivity index (χ2n) is 10.2. The van der Waals surface area contributed by atoms with Gasteiger partial charge in [0.1, 0.15) is 11.3 Å². The average Bonchev–Trinajstić information content (AvgIpc) is 3.21. The van der Waals surface area contributed by atoms with Crippen LogP contribution in [-0.2, 0) is 4.79 Å². The topological polar surface area (TPSA) is 131 Å². The minimum atomic E-state index is -0.605. The number of aromatic nitrogens is 4. The normalized spacial score (nSPS) is 26.2. The van der Waals surface area contributed by atoms with Crippen molar-refractivity contribution in [1.82, 2.24) is 19.5 Å². The highest BCUT2D eigenvalue weighted by Crippen LogP contribution is 2.39. The fraction of sp³-hybridized carbons (Fsp3) is 0.520. The number of aliphatic hydroxyl groups excluding tert-OH is 1. The van der Waals surface area contributed by atoms with Crippen LogP contribution in [0.2, 0.25) is 10.0 Å². The number of fused-ring (bicyclic) bond motifs is 1. The van der Waals surface area contributed by atoms with Crippen LogP contribution in [0.15, 0.2) is 18.3 Å². The Morgan fingerprint density at radius 2 is 1.92 bits per heavy atom. The molecule has 0 bridgehead atoms. The largest absolute Gasteiger partial charge is 0.393 e. The van der Waals surface area contributed by atoms with Crippen LogP contribution in [0.1, 0.15) is 57.9 Å². The van der Waals surface area contributed by atoms with Crippen molar-refractivity contribution in [2.24, 2.45) is 17.6 Å². The lowest BCUT2D eigenvalue weighted by molar-refractivity contribution is -0.122. The number of benzene rings is 1. The summed E-state index contributed by atoms with van der Waals surface area (Å²) < 4.78 is 16.7. The number of anilines is 3. The van der Waals surface area contributed by atoms with Crippen molar-refractivity contribution in [3.63, 3.8) is 0 Å². The minimum absolute atomic E-state index is 0.0441. The van der Waals surface area contributed by atoms with Gasteiger partial charge in [-0.05, 0) is 63.0 Å². The number of imidazole rings is 1. The van der Waals surface area contributed by atoms with E-state index in [1.54, 1.807) is 6.20 Å². The molecule has 2 heterocycles. The Bertz CT molecular complexity index is 1290. The Morgan fingerprint density at radius 3 is 2.59 bits per heavy atom. The Morgan fingerprint density at radius 1 is 1.16 bits per heavy atom. The van der Waals surface area contributed by atoms with E-state index < -0.39 is 5.82 Å². The summed E-state index contributed by atoms with van der Waals surface area (Å²) in [6.07, 6.45) is 6.38. The SMILES string of the molecule is C[C@@H]1CC[C@@H](Nc2ncc3nc(Nc4c(F)cc(Cl)cc4Cl)n([C@H]4CC[C@@H](C(N)=O)CC4)c3n2)C[C@H]1O. The highest BCUT2D eigenvalue weighted by molar-refractivity contribution is 6.36. The summed E-state index contributed by atoms with van der Waals surface area (Å²) in [5, 5.41) is 17.0. The summed E-state index contributed by atoms with van der Waals surface area (Å²) in [5.74, 6) is 0.0133. The molecule has 2 aliphatic rings. The second-order valence-corrected chi connectivity index (χ2v) is 11.0. The molecular formula is C25H30Cl2FN7O2. The number of hydrogen-bond acceptors (Lipinski definition) is 7. The molecule has 198 valence electrons. The van der Waals surface area contributed by atoms with Crippen molar-refractivity contribution in [3.8, 4) is 0 Å². The van der Waals surface area contributed by atoms with Gasteiger partial charge in [-0.25, -0.2) is 14.4 Å². The van der Waals surface area contributed by atoms with Gasteiger partial charge >= 0.3 is 0 Å². The van der Waals surface area contributed by atoms with Crippen molar-refractivity contribution in [1.29, 1.82) is 0 Å². The van der Waals surface area contributed by atoms with Gasteiger partial charge in [0.2, 0.25) is 17.8 Å². The van der Waals surface area contributed by atoms with Crippen LogP contribution in [0, 0.1) is 17.7 Å². The van der Waals surface area contributed by atoms with Crippen LogP contribution in [-0.4, -0.2) is 42.7 Å². The van der Waals surface area contributed by atoms with Gasteiger partial charge in [-0.1, -0.05) is 30.1 Å². The average molecular weight is 550 g/mol. The number of hydrogen-bond donors (Lipinski definition) is 4. The summed E-state index contributed by atoms with van der Waals surface area (Å²) in [7, 11) is 0. The van der Waals surface area contributed by atoms with Crippen LogP contribution >= 0.6 is 23.2 Å². The summed E-state index contributed by atoms with van der Waals surface area (Å²) in [6.45, 7) is 2.05. The quantitative estimate of drug-likeness (QED) is 0.332. The number of nitrogens with zero attached hydrogens (tertiary/aromatic N) is 4. The summed E-state index contributed by atoms with van der Waals surface area (Å²) >= 11 is 12.2. The molecule has 2 aliphatic carbocycles. The molecule has 1 amide bonds. The molecule has 3 atom stereocenters. The number of halogens is 3. The van der Waals surface area contributed by atoms with Crippen molar-refractivity contribution in [2.75, 3.05) is 10.6 Å². The molecule has 5 rings (SSSR count). The molecule has 0 saturated heterocycles. The molecule has 2 saturated carbocycles. The first-order valence-corrected chi connectivity index (χ1v) is 13.4. The van der Waals surface area contributed by atoms with E-state index in [1.165, 1.54) is 12.1 Å². The summed E-state index contributed by atoms with van der Waals surface area (Å²) in [6, 6.07) is 2.66. The monoisotopic (exact) mass is 549 g/mol. The van der Waals surface area contributed by atoms with E-state index in [4.69, 9.17) is 33.9 Å². The van der Waals surface area contributed by atoms with Crippen LogP contribution in [0.25, 0.3) is 11.2 Å². The summed E-state index contributed by atoms with van der Waals surface area (Å²) in [5.41, 5.74) is 6.72. The number of carbonyl (C=O) groups is 1. The van der Waals surface area contributed by atoms with E-state index in [1.807, 2.05) is 4.57 Å². The summed E-state index contributed by atoms with van der Waals surface area (Å²) in [4.78, 5) is 25.6. The lowest BCUT2D eigenvalue weighted by Gasteiger charge is -2.31. The van der Waals surface area contributed by atoms with Crippen molar-refractivity contribution < 1.29 is 14.3 Å². The molecule has 0 radical (unpaired) electrons. The lowest BCUT2D eigenvalue weighted by atomic mass is 9.85. The third kappa shape index (κ3) is 5.46. The van der Waals surface area contributed by atoms with Crippen LogP contribution in [0.5, 0.6) is 0 Å². The Labute approximate surface area is 224 Å². The van der Waals surface area contributed by atoms with Crippen LogP contribution < -0.4 is 16.4 Å². The molecular weight excluding hydrogens is 520 g/mol. The third-order valence-electron chi connectivity index (χ3n) is 7.63. The van der Waals surface area contributed by atoms with E-state index in [-0.39, 0.29) is 51.7 Å². The molecule has 37 heavy (non-hydrogen) atoms. The van der Waals surface area contributed by atoms with E-state index in [0.29, 0.717) is 55.2 Å². The van der Waals surface area contributed by atoms with E-state index in [2.05, 4.69) is 27.5 Å². The van der Waals surface area contributed by atoms with E-state index in [9.17, 15) is 14.3 Å². The Balaban J connectivity index is 1.50. The van der Waals surface area contributed by atoms with Gasteiger partial charge in [-0.3, -0.25) is 9.36 Å². The first-order chi connectivity index (χ1) is 17.7. The molecule has 2 aromatic heterocycles. The molecule has 0 spiro atoms. The Kier molecular flexibility index (Phi) is 7.42. The van der Waals surface area contributed by atoms with Gasteiger partial charge < -0.3 is 21.5 Å². The van der Waals surface area contributed by atoms with Gasteiger partial charge in [0.25, 0.3) is 0 Å². The zero-order chi connectivity index (χ0) is 26.3. The molecule has 0 unspecified atom stereocenters. The minimum Gasteiger partial charge on any atom is -0.393 e. The maximum atomic E-state index is 14.8.